The molecule has 1 unspecified atom stereocenters. The van der Waals surface area contributed by atoms with E-state index < -0.39 is 0 Å². The van der Waals surface area contributed by atoms with E-state index in [-0.39, 0.29) is 11.5 Å². The van der Waals surface area contributed by atoms with Crippen molar-refractivity contribution >= 4 is 0 Å². The van der Waals surface area contributed by atoms with Crippen molar-refractivity contribution in [2.75, 3.05) is 0 Å². The number of para-hydroxylation sites is 1. The highest BCUT2D eigenvalue weighted by molar-refractivity contribution is 5.33. The van der Waals surface area contributed by atoms with Crippen LogP contribution in [0, 0.1) is 0 Å². The molecule has 27 heavy (non-hydrogen) atoms. The molecule has 4 heteroatoms. The van der Waals surface area contributed by atoms with Crippen molar-refractivity contribution in [3.8, 4) is 5.69 Å². The number of hydrogen-bond acceptors (Lipinski definition) is 2. The van der Waals surface area contributed by atoms with Crippen molar-refractivity contribution < 1.29 is 0 Å². The average Bonchev–Trinajstić information content (AvgIpc) is 3.17. The molecule has 0 radical (unpaired) electrons. The molecule has 2 aromatic carbocycles. The first-order chi connectivity index (χ1) is 13.2. The zero-order valence-corrected chi connectivity index (χ0v) is 15.2. The van der Waals surface area contributed by atoms with Crippen LogP contribution in [0.3, 0.4) is 0 Å². The minimum Gasteiger partial charge on any atom is -0.330 e. The van der Waals surface area contributed by atoms with Gasteiger partial charge in [0.05, 0.1) is 6.33 Å². The topological polar surface area (TPSA) is 39.8 Å². The van der Waals surface area contributed by atoms with Crippen molar-refractivity contribution in [1.82, 2.24) is 14.1 Å². The van der Waals surface area contributed by atoms with Gasteiger partial charge in [-0.15, -0.1) is 0 Å². The highest BCUT2D eigenvalue weighted by Gasteiger charge is 2.13. The highest BCUT2D eigenvalue weighted by Crippen LogP contribution is 2.24. The quantitative estimate of drug-likeness (QED) is 0.537. The van der Waals surface area contributed by atoms with E-state index in [1.165, 1.54) is 5.56 Å². The molecular weight excluding hydrogens is 334 g/mol. The third-order valence-electron chi connectivity index (χ3n) is 4.86. The summed E-state index contributed by atoms with van der Waals surface area (Å²) in [6.45, 7) is 2.80. The van der Waals surface area contributed by atoms with Crippen molar-refractivity contribution in [3.63, 3.8) is 0 Å². The number of rotatable bonds is 5. The summed E-state index contributed by atoms with van der Waals surface area (Å²) in [5.41, 5.74) is 4.19. The minimum absolute atomic E-state index is 0.0310. The molecule has 0 saturated heterocycles. The molecule has 0 bridgehead atoms. The van der Waals surface area contributed by atoms with Crippen molar-refractivity contribution in [3.05, 3.63) is 119 Å². The Morgan fingerprint density at radius 2 is 1.67 bits per heavy atom. The molecule has 4 nitrogen and oxygen atoms in total. The molecule has 0 amide bonds. The van der Waals surface area contributed by atoms with Gasteiger partial charge in [-0.3, -0.25) is 9.36 Å². The van der Waals surface area contributed by atoms with Crippen molar-refractivity contribution in [2.45, 2.75) is 19.4 Å². The second kappa shape index (κ2) is 7.46. The summed E-state index contributed by atoms with van der Waals surface area (Å²) < 4.78 is 3.77. The Kier molecular flexibility index (Phi) is 4.71. The number of nitrogens with zero attached hydrogens (tertiary/aromatic N) is 3. The van der Waals surface area contributed by atoms with E-state index in [2.05, 4.69) is 40.7 Å². The van der Waals surface area contributed by atoms with Crippen LogP contribution in [0.5, 0.6) is 0 Å². The fourth-order valence-electron chi connectivity index (χ4n) is 3.35. The van der Waals surface area contributed by atoms with E-state index in [9.17, 15) is 4.79 Å². The van der Waals surface area contributed by atoms with Crippen LogP contribution < -0.4 is 5.56 Å². The van der Waals surface area contributed by atoms with Gasteiger partial charge in [0.1, 0.15) is 0 Å². The third-order valence-corrected chi connectivity index (χ3v) is 4.86. The van der Waals surface area contributed by atoms with Gasteiger partial charge < -0.3 is 4.57 Å². The molecule has 0 aliphatic carbocycles. The second-order valence-corrected chi connectivity index (χ2v) is 6.66. The zero-order chi connectivity index (χ0) is 18.6. The lowest BCUT2D eigenvalue weighted by atomic mass is 9.98. The van der Waals surface area contributed by atoms with Gasteiger partial charge >= 0.3 is 0 Å². The molecule has 0 saturated carbocycles. The Labute approximate surface area is 158 Å². The normalized spacial score (nSPS) is 12.0. The summed E-state index contributed by atoms with van der Waals surface area (Å²) in [4.78, 5) is 16.9. The predicted molar refractivity (Wildman–Crippen MR) is 107 cm³/mol. The third kappa shape index (κ3) is 3.60. The fraction of sp³-hybridized carbons (Fsp3) is 0.130. The molecule has 1 atom stereocenters. The molecule has 0 aliphatic rings. The van der Waals surface area contributed by atoms with Crippen LogP contribution in [0.25, 0.3) is 5.69 Å². The summed E-state index contributed by atoms with van der Waals surface area (Å²) in [6.07, 6.45) is 5.57. The molecule has 4 aromatic rings. The van der Waals surface area contributed by atoms with Gasteiger partial charge in [-0.25, -0.2) is 4.98 Å². The molecule has 0 aliphatic heterocycles. The average molecular weight is 355 g/mol. The Morgan fingerprint density at radius 1 is 0.963 bits per heavy atom. The monoisotopic (exact) mass is 355 g/mol. The largest absolute Gasteiger partial charge is 0.330 e. The summed E-state index contributed by atoms with van der Waals surface area (Å²) in [6, 6.07) is 23.7. The molecule has 0 N–H and O–H groups in total. The van der Waals surface area contributed by atoms with E-state index in [0.717, 1.165) is 16.9 Å². The lowest BCUT2D eigenvalue weighted by Gasteiger charge is -2.15. The SMILES string of the molecule is CC(c1ccccc1)c1cncn1Cc1ccn(-c2ccccc2)c(=O)c1. The molecule has 2 heterocycles. The maximum atomic E-state index is 12.5. The van der Waals surface area contributed by atoms with Gasteiger partial charge in [-0.1, -0.05) is 55.5 Å². The number of benzene rings is 2. The van der Waals surface area contributed by atoms with Gasteiger partial charge in [0, 0.05) is 42.3 Å². The Balaban J connectivity index is 1.60. The smallest absolute Gasteiger partial charge is 0.255 e. The maximum absolute atomic E-state index is 12.5. The summed E-state index contributed by atoms with van der Waals surface area (Å²) in [5, 5.41) is 0. The highest BCUT2D eigenvalue weighted by atomic mass is 16.1. The van der Waals surface area contributed by atoms with E-state index in [1.807, 2.05) is 61.2 Å². The summed E-state index contributed by atoms with van der Waals surface area (Å²) in [5.74, 6) is 0.235. The van der Waals surface area contributed by atoms with Gasteiger partial charge in [0.2, 0.25) is 0 Å². The van der Waals surface area contributed by atoms with Crippen molar-refractivity contribution in [1.29, 1.82) is 0 Å². The first kappa shape index (κ1) is 17.0. The minimum atomic E-state index is -0.0310. The summed E-state index contributed by atoms with van der Waals surface area (Å²) in [7, 11) is 0. The zero-order valence-electron chi connectivity index (χ0n) is 15.2. The first-order valence-corrected chi connectivity index (χ1v) is 9.04. The van der Waals surface area contributed by atoms with Gasteiger partial charge in [-0.05, 0) is 29.3 Å². The van der Waals surface area contributed by atoms with E-state index in [4.69, 9.17) is 0 Å². The van der Waals surface area contributed by atoms with Crippen LogP contribution in [-0.4, -0.2) is 14.1 Å². The number of pyridine rings is 1. The van der Waals surface area contributed by atoms with Gasteiger partial charge in [0.25, 0.3) is 5.56 Å². The van der Waals surface area contributed by atoms with Crippen LogP contribution in [0.4, 0.5) is 0 Å². The van der Waals surface area contributed by atoms with Crippen LogP contribution in [0.15, 0.2) is 96.3 Å². The lowest BCUT2D eigenvalue weighted by molar-refractivity contribution is 0.707. The fourth-order valence-corrected chi connectivity index (χ4v) is 3.35. The number of hydrogen-bond donors (Lipinski definition) is 0. The van der Waals surface area contributed by atoms with Crippen LogP contribution in [0.2, 0.25) is 0 Å². The standard InChI is InChI=1S/C23H21N3O/c1-18(20-8-4-2-5-9-20)22-15-24-17-25(22)16-19-12-13-26(23(27)14-19)21-10-6-3-7-11-21/h2-15,17-18H,16H2,1H3. The van der Waals surface area contributed by atoms with Crippen LogP contribution >= 0.6 is 0 Å². The Bertz CT molecular complexity index is 1080. The maximum Gasteiger partial charge on any atom is 0.255 e. The number of imidazole rings is 1. The van der Waals surface area contributed by atoms with Gasteiger partial charge in [-0.2, -0.15) is 0 Å². The second-order valence-electron chi connectivity index (χ2n) is 6.66. The Morgan fingerprint density at radius 3 is 2.37 bits per heavy atom. The van der Waals surface area contributed by atoms with Crippen LogP contribution in [-0.2, 0) is 6.54 Å². The van der Waals surface area contributed by atoms with Crippen molar-refractivity contribution in [2.24, 2.45) is 0 Å². The van der Waals surface area contributed by atoms with E-state index >= 15 is 0 Å². The lowest BCUT2D eigenvalue weighted by Crippen LogP contribution is -2.18. The molecule has 4 rings (SSSR count). The molecule has 2 aromatic heterocycles. The van der Waals surface area contributed by atoms with E-state index in [0.29, 0.717) is 6.54 Å². The summed E-state index contributed by atoms with van der Waals surface area (Å²) >= 11 is 0. The predicted octanol–water partition coefficient (Wildman–Crippen LogP) is 4.23. The molecule has 0 spiro atoms. The van der Waals surface area contributed by atoms with Gasteiger partial charge in [0.15, 0.2) is 0 Å². The molecular formula is C23H21N3O. The van der Waals surface area contributed by atoms with Crippen LogP contribution in [0.1, 0.15) is 29.7 Å². The molecule has 0 fully saturated rings. The van der Waals surface area contributed by atoms with E-state index in [1.54, 1.807) is 10.6 Å². The first-order valence-electron chi connectivity index (χ1n) is 9.04. The number of aromatic nitrogens is 3. The molecule has 134 valence electrons. The Hall–Kier alpha value is -3.40.